The van der Waals surface area contributed by atoms with E-state index in [1.807, 2.05) is 6.20 Å². The predicted molar refractivity (Wildman–Crippen MR) is 235 cm³/mol. The molecule has 8 aromatic carbocycles. The summed E-state index contributed by atoms with van der Waals surface area (Å²) in [5, 5.41) is 3.55. The van der Waals surface area contributed by atoms with Crippen molar-refractivity contribution < 1.29 is 0 Å². The van der Waals surface area contributed by atoms with E-state index in [1.54, 1.807) is 0 Å². The maximum atomic E-state index is 5.17. The summed E-state index contributed by atoms with van der Waals surface area (Å²) in [5.41, 5.74) is 17.1. The summed E-state index contributed by atoms with van der Waals surface area (Å²) < 4.78 is 4.88. The van der Waals surface area contributed by atoms with Crippen LogP contribution in [0.2, 0.25) is 0 Å². The van der Waals surface area contributed by atoms with Gasteiger partial charge in [0.25, 0.3) is 0 Å². The zero-order valence-electron chi connectivity index (χ0n) is 30.5. The molecule has 0 aliphatic carbocycles. The highest BCUT2D eigenvalue weighted by molar-refractivity contribution is 6.25. The number of nitrogens with zero attached hydrogens (tertiary/aromatic N) is 3. The first-order chi connectivity index (χ1) is 27.8. The summed E-state index contributed by atoms with van der Waals surface area (Å²) >= 11 is 0. The van der Waals surface area contributed by atoms with Crippen LogP contribution in [-0.2, 0) is 0 Å². The fraction of sp³-hybridized carbons (Fsp3) is 0. The summed E-state index contributed by atoms with van der Waals surface area (Å²) in [6.07, 6.45) is 1.93. The summed E-state index contributed by atoms with van der Waals surface area (Å²) in [4.78, 5) is 5.17. The van der Waals surface area contributed by atoms with Gasteiger partial charge >= 0.3 is 0 Å². The summed E-state index contributed by atoms with van der Waals surface area (Å²) in [7, 11) is 0. The van der Waals surface area contributed by atoms with Crippen molar-refractivity contribution in [1.29, 1.82) is 0 Å². The molecule has 0 aliphatic rings. The van der Waals surface area contributed by atoms with Crippen molar-refractivity contribution in [3.8, 4) is 55.9 Å². The molecule has 0 unspecified atom stereocenters. The standard InChI is InChI=1S/C53H35N3/c1-5-16-36(17-6-1)40-30-41(37-18-7-2-8-19-37)33-44(32-40)55-49-28-27-47-46-24-13-14-25-48(46)56(53(47)51(49)52-50(55)26-15-29-54-52)45-34-42(38-20-9-3-10-21-38)31-43(35-45)39-22-11-4-12-23-39/h1-35H. The van der Waals surface area contributed by atoms with E-state index in [0.717, 1.165) is 44.3 Å². The monoisotopic (exact) mass is 713 g/mol. The minimum atomic E-state index is 0.978. The number of hydrogen-bond donors (Lipinski definition) is 0. The first-order valence-corrected chi connectivity index (χ1v) is 19.1. The number of hydrogen-bond acceptors (Lipinski definition) is 1. The largest absolute Gasteiger partial charge is 0.308 e. The molecular formula is C53H35N3. The third-order valence-electron chi connectivity index (χ3n) is 11.1. The lowest BCUT2D eigenvalue weighted by Crippen LogP contribution is -1.97. The molecular weight excluding hydrogens is 679 g/mol. The molecule has 11 rings (SSSR count). The number of fused-ring (bicyclic) bond motifs is 7. The van der Waals surface area contributed by atoms with E-state index in [4.69, 9.17) is 4.98 Å². The smallest absolute Gasteiger partial charge is 0.0984 e. The Morgan fingerprint density at radius 2 is 0.750 bits per heavy atom. The Bertz CT molecular complexity index is 3100. The van der Waals surface area contributed by atoms with Crippen LogP contribution >= 0.6 is 0 Å². The van der Waals surface area contributed by atoms with Crippen molar-refractivity contribution >= 4 is 43.7 Å². The molecule has 0 saturated heterocycles. The third kappa shape index (κ3) is 5.25. The minimum absolute atomic E-state index is 0.978. The van der Waals surface area contributed by atoms with Gasteiger partial charge in [-0.1, -0.05) is 146 Å². The lowest BCUT2D eigenvalue weighted by atomic mass is 9.98. The van der Waals surface area contributed by atoms with Crippen LogP contribution in [-0.4, -0.2) is 14.1 Å². The Kier molecular flexibility index (Phi) is 7.49. The first-order valence-electron chi connectivity index (χ1n) is 19.1. The van der Waals surface area contributed by atoms with E-state index < -0.39 is 0 Å². The average molecular weight is 714 g/mol. The molecule has 3 heteroatoms. The second-order valence-corrected chi connectivity index (χ2v) is 14.4. The Hall–Kier alpha value is -7.49. The van der Waals surface area contributed by atoms with Crippen LogP contribution in [0.1, 0.15) is 0 Å². The fourth-order valence-electron chi connectivity index (χ4n) is 8.58. The van der Waals surface area contributed by atoms with E-state index in [2.05, 4.69) is 215 Å². The second-order valence-electron chi connectivity index (χ2n) is 14.4. The lowest BCUT2D eigenvalue weighted by Gasteiger charge is -2.15. The molecule has 0 aliphatic heterocycles. The van der Waals surface area contributed by atoms with Gasteiger partial charge in [-0.2, -0.15) is 0 Å². The van der Waals surface area contributed by atoms with E-state index in [1.165, 1.54) is 55.3 Å². The Labute approximate surface area is 325 Å². The highest BCUT2D eigenvalue weighted by Crippen LogP contribution is 2.43. The van der Waals surface area contributed by atoms with Crippen LogP contribution in [0.3, 0.4) is 0 Å². The molecule has 0 fully saturated rings. The zero-order chi connectivity index (χ0) is 37.0. The molecule has 11 aromatic rings. The van der Waals surface area contributed by atoms with E-state index >= 15 is 0 Å². The third-order valence-corrected chi connectivity index (χ3v) is 11.1. The number of para-hydroxylation sites is 1. The molecule has 0 atom stereocenters. The van der Waals surface area contributed by atoms with Gasteiger partial charge in [-0.15, -0.1) is 0 Å². The van der Waals surface area contributed by atoms with E-state index in [-0.39, 0.29) is 0 Å². The molecule has 0 amide bonds. The van der Waals surface area contributed by atoms with Crippen molar-refractivity contribution in [2.45, 2.75) is 0 Å². The van der Waals surface area contributed by atoms with Crippen molar-refractivity contribution in [1.82, 2.24) is 14.1 Å². The van der Waals surface area contributed by atoms with E-state index in [0.29, 0.717) is 0 Å². The van der Waals surface area contributed by atoms with Crippen molar-refractivity contribution in [3.63, 3.8) is 0 Å². The van der Waals surface area contributed by atoms with Crippen molar-refractivity contribution in [2.75, 3.05) is 0 Å². The molecule has 56 heavy (non-hydrogen) atoms. The van der Waals surface area contributed by atoms with Crippen LogP contribution in [0.4, 0.5) is 0 Å². The highest BCUT2D eigenvalue weighted by atomic mass is 15.0. The number of aromatic nitrogens is 3. The van der Waals surface area contributed by atoms with Crippen molar-refractivity contribution in [3.05, 3.63) is 212 Å². The second kappa shape index (κ2) is 13.1. The van der Waals surface area contributed by atoms with Gasteiger partial charge in [0.1, 0.15) is 0 Å². The van der Waals surface area contributed by atoms with Crippen LogP contribution in [0, 0.1) is 0 Å². The molecule has 0 spiro atoms. The normalized spacial score (nSPS) is 11.6. The maximum Gasteiger partial charge on any atom is 0.0984 e. The molecule has 0 saturated carbocycles. The predicted octanol–water partition coefficient (Wildman–Crippen LogP) is 13.9. The topological polar surface area (TPSA) is 22.8 Å². The highest BCUT2D eigenvalue weighted by Gasteiger charge is 2.23. The maximum absolute atomic E-state index is 5.17. The molecule has 0 bridgehead atoms. The van der Waals surface area contributed by atoms with Crippen LogP contribution in [0.15, 0.2) is 212 Å². The fourth-order valence-corrected chi connectivity index (χ4v) is 8.58. The van der Waals surface area contributed by atoms with Gasteiger partial charge in [-0.25, -0.2) is 0 Å². The number of benzene rings is 8. The lowest BCUT2D eigenvalue weighted by molar-refractivity contribution is 1.17. The van der Waals surface area contributed by atoms with Crippen LogP contribution < -0.4 is 0 Å². The van der Waals surface area contributed by atoms with E-state index in [9.17, 15) is 0 Å². The molecule has 3 nitrogen and oxygen atoms in total. The minimum Gasteiger partial charge on any atom is -0.308 e. The van der Waals surface area contributed by atoms with Gasteiger partial charge in [0.2, 0.25) is 0 Å². The Morgan fingerprint density at radius 1 is 0.304 bits per heavy atom. The van der Waals surface area contributed by atoms with Gasteiger partial charge in [0, 0.05) is 28.3 Å². The van der Waals surface area contributed by atoms with Crippen LogP contribution in [0.5, 0.6) is 0 Å². The molecule has 0 N–H and O–H groups in total. The SMILES string of the molecule is c1ccc(-c2cc(-c3ccccc3)cc(-n3c4cccnc4c4c3ccc3c5ccccc5n(-c5cc(-c6ccccc6)cc(-c6ccccc6)c5)c34)c2)cc1. The molecule has 0 radical (unpaired) electrons. The summed E-state index contributed by atoms with van der Waals surface area (Å²) in [5.74, 6) is 0. The quantitative estimate of drug-likeness (QED) is 0.168. The van der Waals surface area contributed by atoms with Gasteiger partial charge in [0.15, 0.2) is 0 Å². The van der Waals surface area contributed by atoms with Gasteiger partial charge < -0.3 is 9.13 Å². The first kappa shape index (κ1) is 32.0. The molecule has 262 valence electrons. The Balaban J connectivity index is 1.25. The van der Waals surface area contributed by atoms with Gasteiger partial charge in [0.05, 0.1) is 33.0 Å². The van der Waals surface area contributed by atoms with Crippen molar-refractivity contribution in [2.24, 2.45) is 0 Å². The average Bonchev–Trinajstić information content (AvgIpc) is 3.80. The Morgan fingerprint density at radius 3 is 1.27 bits per heavy atom. The van der Waals surface area contributed by atoms with Gasteiger partial charge in [-0.3, -0.25) is 4.98 Å². The molecule has 3 aromatic heterocycles. The number of rotatable bonds is 6. The molecule has 3 heterocycles. The summed E-state index contributed by atoms with van der Waals surface area (Å²) in [6, 6.07) is 74.4. The summed E-state index contributed by atoms with van der Waals surface area (Å²) in [6.45, 7) is 0. The van der Waals surface area contributed by atoms with Gasteiger partial charge in [-0.05, 0) is 105 Å². The number of pyridine rings is 1. The zero-order valence-corrected chi connectivity index (χ0v) is 30.5. The van der Waals surface area contributed by atoms with Crippen LogP contribution in [0.25, 0.3) is 99.6 Å².